The molecule has 0 bridgehead atoms. The Balaban J connectivity index is 0.00000172. The van der Waals surface area contributed by atoms with Crippen molar-refractivity contribution in [1.29, 1.82) is 0 Å². The van der Waals surface area contributed by atoms with Gasteiger partial charge in [-0.05, 0) is 30.2 Å². The summed E-state index contributed by atoms with van der Waals surface area (Å²) in [4.78, 5) is 9.21. The van der Waals surface area contributed by atoms with E-state index in [0.717, 1.165) is 71.1 Å². The summed E-state index contributed by atoms with van der Waals surface area (Å²) in [5, 5.41) is 24.7. The van der Waals surface area contributed by atoms with Crippen molar-refractivity contribution in [3.05, 3.63) is 53.6 Å². The van der Waals surface area contributed by atoms with Crippen molar-refractivity contribution < 1.29 is 19.7 Å². The molecule has 1 saturated heterocycles. The fourth-order valence-electron chi connectivity index (χ4n) is 4.96. The van der Waals surface area contributed by atoms with Gasteiger partial charge in [0.05, 0.1) is 44.4 Å². The number of unbranched alkanes of at least 4 members (excludes halogenated alkanes) is 1. The number of anilines is 2. The van der Waals surface area contributed by atoms with Crippen molar-refractivity contribution >= 4 is 33.7 Å². The number of aliphatic hydroxyl groups excluding tert-OH is 2. The van der Waals surface area contributed by atoms with Crippen LogP contribution in [0.5, 0.6) is 5.75 Å². The third kappa shape index (κ3) is 6.09. The highest BCUT2D eigenvalue weighted by Crippen LogP contribution is 2.34. The molecule has 10 nitrogen and oxygen atoms in total. The number of aromatic nitrogens is 3. The number of methoxy groups -OCH3 is 1. The van der Waals surface area contributed by atoms with Gasteiger partial charge in [-0.1, -0.05) is 37.6 Å². The molecule has 3 heterocycles. The second-order valence-corrected chi connectivity index (χ2v) is 9.91. The number of nitrogen functional groups attached to an aromatic ring is 1. The first-order valence-corrected chi connectivity index (χ1v) is 13.4. The van der Waals surface area contributed by atoms with Gasteiger partial charge in [0.1, 0.15) is 16.8 Å². The summed E-state index contributed by atoms with van der Waals surface area (Å²) in [6, 6.07) is 14.5. The largest absolute Gasteiger partial charge is 0.496 e. The van der Waals surface area contributed by atoms with E-state index >= 15 is 0 Å². The lowest BCUT2D eigenvalue weighted by molar-refractivity contribution is -0.134. The summed E-state index contributed by atoms with van der Waals surface area (Å²) in [7, 11) is 2.70. The summed E-state index contributed by atoms with van der Waals surface area (Å²) < 4.78 is 13.3. The van der Waals surface area contributed by atoms with E-state index in [1.807, 2.05) is 18.2 Å². The van der Waals surface area contributed by atoms with Crippen LogP contribution < -0.4 is 21.1 Å². The van der Waals surface area contributed by atoms with Gasteiger partial charge in [0.15, 0.2) is 5.82 Å². The number of benzene rings is 2. The van der Waals surface area contributed by atoms with E-state index in [1.54, 1.807) is 7.11 Å². The molecule has 0 atom stereocenters. The molecule has 2 aromatic heterocycles. The SMILES string of the molecule is CCCCNc1nc(N)nc2c3ccccc3n(Cc3cc(CNCC4(CO)COC4)ccc3OC)c12.CO. The second kappa shape index (κ2) is 13.1. The number of hydrogen-bond donors (Lipinski definition) is 5. The second-order valence-electron chi connectivity index (χ2n) is 9.91. The fraction of sp³-hybridized carbons (Fsp3) is 0.448. The van der Waals surface area contributed by atoms with E-state index in [4.69, 9.17) is 20.3 Å². The molecule has 1 aliphatic heterocycles. The minimum atomic E-state index is -0.165. The number of fused-ring (bicyclic) bond motifs is 3. The Morgan fingerprint density at radius 3 is 2.64 bits per heavy atom. The maximum Gasteiger partial charge on any atom is 0.222 e. The maximum atomic E-state index is 9.71. The Bertz CT molecular complexity index is 1380. The molecule has 1 aliphatic rings. The number of rotatable bonds is 12. The minimum absolute atomic E-state index is 0.128. The minimum Gasteiger partial charge on any atom is -0.496 e. The van der Waals surface area contributed by atoms with Crippen LogP contribution in [0.25, 0.3) is 21.9 Å². The van der Waals surface area contributed by atoms with Crippen LogP contribution in [0.2, 0.25) is 0 Å². The average Bonchev–Trinajstić information content (AvgIpc) is 3.25. The van der Waals surface area contributed by atoms with Gasteiger partial charge in [-0.3, -0.25) is 0 Å². The molecule has 0 spiro atoms. The Labute approximate surface area is 229 Å². The van der Waals surface area contributed by atoms with Crippen molar-refractivity contribution in [3.63, 3.8) is 0 Å². The lowest BCUT2D eigenvalue weighted by Gasteiger charge is -2.40. The van der Waals surface area contributed by atoms with Crippen molar-refractivity contribution in [1.82, 2.24) is 19.9 Å². The monoisotopic (exact) mass is 536 g/mol. The van der Waals surface area contributed by atoms with Crippen LogP contribution in [0, 0.1) is 5.41 Å². The predicted octanol–water partition coefficient (Wildman–Crippen LogP) is 3.14. The standard InChI is InChI=1S/C28H36N6O3.CH4O/c1-3-4-11-31-26-25-24(32-27(29)33-26)21-7-5-6-8-22(21)34(25)14-20-12-19(9-10-23(20)36-2)13-30-15-28(16-35)17-37-18-28;1-2/h5-10,12,30,35H,3-4,11,13-18H2,1-2H3,(H3,29,31,32,33);2H,1H3. The van der Waals surface area contributed by atoms with Gasteiger partial charge in [-0.25, -0.2) is 4.98 Å². The van der Waals surface area contributed by atoms with Crippen LogP contribution >= 0.6 is 0 Å². The van der Waals surface area contributed by atoms with Crippen LogP contribution in [0.15, 0.2) is 42.5 Å². The highest BCUT2D eigenvalue weighted by Gasteiger charge is 2.37. The number of nitrogens with zero attached hydrogens (tertiary/aromatic N) is 3. The number of nitrogens with one attached hydrogen (secondary N) is 2. The Hall–Kier alpha value is -3.44. The molecule has 39 heavy (non-hydrogen) atoms. The van der Waals surface area contributed by atoms with E-state index in [0.29, 0.717) is 32.8 Å². The molecule has 4 aromatic rings. The van der Waals surface area contributed by atoms with Crippen LogP contribution in [-0.4, -0.2) is 71.9 Å². The molecule has 10 heteroatoms. The lowest BCUT2D eigenvalue weighted by atomic mass is 9.87. The first-order chi connectivity index (χ1) is 19.1. The normalized spacial score (nSPS) is 14.1. The zero-order valence-corrected chi connectivity index (χ0v) is 23.0. The van der Waals surface area contributed by atoms with Crippen LogP contribution in [0.1, 0.15) is 30.9 Å². The topological polar surface area (TPSA) is 140 Å². The molecular formula is C29H40N6O4. The maximum absolute atomic E-state index is 9.71. The van der Waals surface area contributed by atoms with Crippen molar-refractivity contribution in [2.45, 2.75) is 32.9 Å². The Morgan fingerprint density at radius 1 is 1.15 bits per heavy atom. The molecule has 2 aromatic carbocycles. The molecular weight excluding hydrogens is 496 g/mol. The van der Waals surface area contributed by atoms with E-state index in [-0.39, 0.29) is 18.0 Å². The summed E-state index contributed by atoms with van der Waals surface area (Å²) in [5.41, 5.74) is 11.0. The number of nitrogens with two attached hydrogens (primary N) is 1. The van der Waals surface area contributed by atoms with Crippen LogP contribution in [0.4, 0.5) is 11.8 Å². The number of hydrogen-bond acceptors (Lipinski definition) is 9. The third-order valence-corrected chi connectivity index (χ3v) is 7.10. The van der Waals surface area contributed by atoms with Crippen molar-refractivity contribution in [2.75, 3.05) is 58.2 Å². The quantitative estimate of drug-likeness (QED) is 0.173. The summed E-state index contributed by atoms with van der Waals surface area (Å²) >= 11 is 0. The zero-order valence-electron chi connectivity index (χ0n) is 23.0. The average molecular weight is 537 g/mol. The van der Waals surface area contributed by atoms with Gasteiger partial charge >= 0.3 is 0 Å². The van der Waals surface area contributed by atoms with Gasteiger partial charge in [0.25, 0.3) is 0 Å². The van der Waals surface area contributed by atoms with E-state index in [1.165, 1.54) is 0 Å². The number of ether oxygens (including phenoxy) is 2. The van der Waals surface area contributed by atoms with Crippen molar-refractivity contribution in [2.24, 2.45) is 5.41 Å². The number of aliphatic hydroxyl groups is 2. The first kappa shape index (κ1) is 28.6. The van der Waals surface area contributed by atoms with Gasteiger partial charge in [-0.15, -0.1) is 0 Å². The molecule has 5 rings (SSSR count). The molecule has 0 radical (unpaired) electrons. The highest BCUT2D eigenvalue weighted by molar-refractivity contribution is 6.09. The van der Waals surface area contributed by atoms with Crippen LogP contribution in [0.3, 0.4) is 0 Å². The Kier molecular flexibility index (Phi) is 9.58. The van der Waals surface area contributed by atoms with Gasteiger partial charge in [-0.2, -0.15) is 4.98 Å². The van der Waals surface area contributed by atoms with Crippen molar-refractivity contribution in [3.8, 4) is 5.75 Å². The van der Waals surface area contributed by atoms with Gasteiger partial charge in [0.2, 0.25) is 5.95 Å². The summed E-state index contributed by atoms with van der Waals surface area (Å²) in [6.07, 6.45) is 2.13. The molecule has 1 fully saturated rings. The van der Waals surface area contributed by atoms with E-state index in [9.17, 15) is 5.11 Å². The Morgan fingerprint density at radius 2 is 1.95 bits per heavy atom. The fourth-order valence-corrected chi connectivity index (χ4v) is 4.96. The summed E-state index contributed by atoms with van der Waals surface area (Å²) in [5.74, 6) is 1.84. The molecule has 6 N–H and O–H groups in total. The molecule has 0 aliphatic carbocycles. The van der Waals surface area contributed by atoms with E-state index < -0.39 is 0 Å². The first-order valence-electron chi connectivity index (χ1n) is 13.4. The predicted molar refractivity (Wildman–Crippen MR) is 155 cm³/mol. The molecule has 210 valence electrons. The molecule has 0 unspecified atom stereocenters. The van der Waals surface area contributed by atoms with E-state index in [2.05, 4.69) is 56.4 Å². The molecule has 0 saturated carbocycles. The summed E-state index contributed by atoms with van der Waals surface area (Å²) in [6.45, 7) is 6.29. The third-order valence-electron chi connectivity index (χ3n) is 7.10. The van der Waals surface area contributed by atoms with Gasteiger partial charge in [0, 0.05) is 37.7 Å². The lowest BCUT2D eigenvalue weighted by Crippen LogP contribution is -2.52. The zero-order chi connectivity index (χ0) is 27.8. The van der Waals surface area contributed by atoms with Gasteiger partial charge < -0.3 is 40.6 Å². The number of para-hydroxylation sites is 1. The molecule has 0 amide bonds. The van der Waals surface area contributed by atoms with Crippen LogP contribution in [-0.2, 0) is 17.8 Å². The smallest absolute Gasteiger partial charge is 0.222 e. The highest BCUT2D eigenvalue weighted by atomic mass is 16.5.